The number of hydrogen-bond acceptors (Lipinski definition) is 4. The molecule has 0 saturated heterocycles. The highest BCUT2D eigenvalue weighted by molar-refractivity contribution is 7.89. The van der Waals surface area contributed by atoms with Gasteiger partial charge in [0.2, 0.25) is 15.9 Å². The van der Waals surface area contributed by atoms with Gasteiger partial charge in [0.1, 0.15) is 11.5 Å². The molecule has 0 unspecified atom stereocenters. The standard InChI is InChI=1S/C17H19ClN2O4S/c1-12(17(21)19-2)11-20-25(22,23)14-9-7-13(8-10-14)24-16-6-4-3-5-15(16)18/h3-10,12,20H,11H2,1-2H3,(H,19,21)/t12-/m0/s1. The van der Waals surface area contributed by atoms with Crippen molar-refractivity contribution in [1.82, 2.24) is 10.0 Å². The molecule has 0 spiro atoms. The highest BCUT2D eigenvalue weighted by atomic mass is 35.5. The van der Waals surface area contributed by atoms with Gasteiger partial charge in [-0.2, -0.15) is 0 Å². The fraction of sp³-hybridized carbons (Fsp3) is 0.235. The molecule has 6 nitrogen and oxygen atoms in total. The topological polar surface area (TPSA) is 84.5 Å². The van der Waals surface area contributed by atoms with Crippen LogP contribution in [-0.2, 0) is 14.8 Å². The number of rotatable bonds is 7. The third kappa shape index (κ3) is 5.19. The number of amides is 1. The van der Waals surface area contributed by atoms with Crippen LogP contribution in [0.3, 0.4) is 0 Å². The van der Waals surface area contributed by atoms with Gasteiger partial charge in [-0.15, -0.1) is 0 Å². The zero-order valence-corrected chi connectivity index (χ0v) is 15.4. The first-order valence-electron chi connectivity index (χ1n) is 7.57. The molecular weight excluding hydrogens is 364 g/mol. The quantitative estimate of drug-likeness (QED) is 0.771. The zero-order chi connectivity index (χ0) is 18.4. The number of benzene rings is 2. The molecule has 2 rings (SSSR count). The Labute approximate surface area is 152 Å². The summed E-state index contributed by atoms with van der Waals surface area (Å²) in [5, 5.41) is 2.94. The van der Waals surface area contributed by atoms with Crippen molar-refractivity contribution in [3.63, 3.8) is 0 Å². The van der Waals surface area contributed by atoms with Crippen LogP contribution in [-0.4, -0.2) is 27.9 Å². The molecule has 2 N–H and O–H groups in total. The summed E-state index contributed by atoms with van der Waals surface area (Å²) in [5.74, 6) is 0.247. The minimum Gasteiger partial charge on any atom is -0.456 e. The number of nitrogens with one attached hydrogen (secondary N) is 2. The predicted molar refractivity (Wildman–Crippen MR) is 96.4 cm³/mol. The summed E-state index contributed by atoms with van der Waals surface area (Å²) in [6.45, 7) is 1.65. The average molecular weight is 383 g/mol. The number of hydrogen-bond donors (Lipinski definition) is 2. The summed E-state index contributed by atoms with van der Waals surface area (Å²) in [7, 11) is -2.20. The van der Waals surface area contributed by atoms with E-state index in [9.17, 15) is 13.2 Å². The summed E-state index contributed by atoms with van der Waals surface area (Å²) in [4.78, 5) is 11.5. The van der Waals surface area contributed by atoms with E-state index in [4.69, 9.17) is 16.3 Å². The summed E-state index contributed by atoms with van der Waals surface area (Å²) in [6.07, 6.45) is 0. The summed E-state index contributed by atoms with van der Waals surface area (Å²) >= 11 is 6.02. The predicted octanol–water partition coefficient (Wildman–Crippen LogP) is 2.79. The summed E-state index contributed by atoms with van der Waals surface area (Å²) in [6, 6.07) is 12.9. The number of halogens is 1. The molecule has 0 aliphatic heterocycles. The van der Waals surface area contributed by atoms with Crippen LogP contribution < -0.4 is 14.8 Å². The fourth-order valence-electron chi connectivity index (χ4n) is 2.00. The van der Waals surface area contributed by atoms with Crippen molar-refractivity contribution in [2.75, 3.05) is 13.6 Å². The Morgan fingerprint density at radius 1 is 1.16 bits per heavy atom. The van der Waals surface area contributed by atoms with Crippen molar-refractivity contribution in [3.8, 4) is 11.5 Å². The van der Waals surface area contributed by atoms with E-state index in [0.717, 1.165) is 0 Å². The maximum absolute atomic E-state index is 12.3. The van der Waals surface area contributed by atoms with E-state index in [1.54, 1.807) is 43.3 Å². The molecule has 134 valence electrons. The van der Waals surface area contributed by atoms with E-state index < -0.39 is 15.9 Å². The van der Waals surface area contributed by atoms with Crippen LogP contribution >= 0.6 is 11.6 Å². The van der Waals surface area contributed by atoms with Crippen molar-refractivity contribution in [1.29, 1.82) is 0 Å². The molecule has 8 heteroatoms. The molecule has 0 fully saturated rings. The molecule has 0 aromatic heterocycles. The molecule has 2 aromatic rings. The lowest BCUT2D eigenvalue weighted by Crippen LogP contribution is -2.35. The summed E-state index contributed by atoms with van der Waals surface area (Å²) < 4.78 is 32.6. The second-order valence-corrected chi connectivity index (χ2v) is 7.55. The van der Waals surface area contributed by atoms with Crippen LogP contribution in [0.4, 0.5) is 0 Å². The molecule has 0 aliphatic rings. The largest absolute Gasteiger partial charge is 0.456 e. The minimum atomic E-state index is -3.71. The smallest absolute Gasteiger partial charge is 0.240 e. The Balaban J connectivity index is 2.05. The van der Waals surface area contributed by atoms with E-state index in [1.165, 1.54) is 19.2 Å². The molecule has 0 saturated carbocycles. The average Bonchev–Trinajstić information content (AvgIpc) is 2.61. The lowest BCUT2D eigenvalue weighted by Gasteiger charge is -2.12. The maximum Gasteiger partial charge on any atom is 0.240 e. The molecule has 1 atom stereocenters. The van der Waals surface area contributed by atoms with Gasteiger partial charge in [0, 0.05) is 19.5 Å². The van der Waals surface area contributed by atoms with Gasteiger partial charge < -0.3 is 10.1 Å². The number of ether oxygens (including phenoxy) is 1. The highest BCUT2D eigenvalue weighted by Gasteiger charge is 2.18. The molecule has 0 radical (unpaired) electrons. The molecule has 0 bridgehead atoms. The van der Waals surface area contributed by atoms with E-state index in [0.29, 0.717) is 16.5 Å². The van der Waals surface area contributed by atoms with Gasteiger partial charge in [-0.25, -0.2) is 13.1 Å². The number of para-hydroxylation sites is 1. The number of carbonyl (C=O) groups is 1. The van der Waals surface area contributed by atoms with Crippen molar-refractivity contribution < 1.29 is 17.9 Å². The third-order valence-electron chi connectivity index (χ3n) is 3.47. The van der Waals surface area contributed by atoms with Crippen molar-refractivity contribution in [3.05, 3.63) is 53.6 Å². The van der Waals surface area contributed by atoms with E-state index in [-0.39, 0.29) is 17.3 Å². The molecule has 1 amide bonds. The second-order valence-electron chi connectivity index (χ2n) is 5.37. The molecule has 2 aromatic carbocycles. The van der Waals surface area contributed by atoms with Gasteiger partial charge in [0.25, 0.3) is 0 Å². The van der Waals surface area contributed by atoms with Gasteiger partial charge in [0.15, 0.2) is 0 Å². The van der Waals surface area contributed by atoms with Crippen LogP contribution in [0.5, 0.6) is 11.5 Å². The van der Waals surface area contributed by atoms with Crippen molar-refractivity contribution >= 4 is 27.5 Å². The van der Waals surface area contributed by atoms with Gasteiger partial charge in [-0.05, 0) is 36.4 Å². The van der Waals surface area contributed by atoms with E-state index in [2.05, 4.69) is 10.0 Å². The lowest BCUT2D eigenvalue weighted by atomic mass is 10.2. The second kappa shape index (κ2) is 8.33. The highest BCUT2D eigenvalue weighted by Crippen LogP contribution is 2.29. The molecule has 0 heterocycles. The van der Waals surface area contributed by atoms with Crippen LogP contribution in [0.1, 0.15) is 6.92 Å². The van der Waals surface area contributed by atoms with Crippen LogP contribution in [0, 0.1) is 5.92 Å². The maximum atomic E-state index is 12.3. The SMILES string of the molecule is CNC(=O)[C@@H](C)CNS(=O)(=O)c1ccc(Oc2ccccc2Cl)cc1. The number of sulfonamides is 1. The van der Waals surface area contributed by atoms with Crippen molar-refractivity contribution in [2.24, 2.45) is 5.92 Å². The lowest BCUT2D eigenvalue weighted by molar-refractivity contribution is -0.123. The zero-order valence-electron chi connectivity index (χ0n) is 13.8. The monoisotopic (exact) mass is 382 g/mol. The Morgan fingerprint density at radius 2 is 1.80 bits per heavy atom. The van der Waals surface area contributed by atoms with Crippen LogP contribution in [0.2, 0.25) is 5.02 Å². The first-order valence-corrected chi connectivity index (χ1v) is 9.43. The normalized spacial score (nSPS) is 12.4. The first kappa shape index (κ1) is 19.2. The van der Waals surface area contributed by atoms with Gasteiger partial charge in [-0.3, -0.25) is 4.79 Å². The first-order chi connectivity index (χ1) is 11.8. The Hall–Kier alpha value is -2.09. The fourth-order valence-corrected chi connectivity index (χ4v) is 3.30. The Bertz CT molecular complexity index is 838. The minimum absolute atomic E-state index is 0.0138. The Morgan fingerprint density at radius 3 is 2.40 bits per heavy atom. The third-order valence-corrected chi connectivity index (χ3v) is 5.22. The van der Waals surface area contributed by atoms with Crippen LogP contribution in [0.25, 0.3) is 0 Å². The van der Waals surface area contributed by atoms with Crippen LogP contribution in [0.15, 0.2) is 53.4 Å². The van der Waals surface area contributed by atoms with Gasteiger partial charge >= 0.3 is 0 Å². The van der Waals surface area contributed by atoms with Crippen molar-refractivity contribution in [2.45, 2.75) is 11.8 Å². The molecule has 25 heavy (non-hydrogen) atoms. The molecular formula is C17H19ClN2O4S. The van der Waals surface area contributed by atoms with E-state index >= 15 is 0 Å². The Kier molecular flexibility index (Phi) is 6.41. The summed E-state index contributed by atoms with van der Waals surface area (Å²) in [5.41, 5.74) is 0. The van der Waals surface area contributed by atoms with Gasteiger partial charge in [-0.1, -0.05) is 30.7 Å². The van der Waals surface area contributed by atoms with E-state index in [1.807, 2.05) is 0 Å². The van der Waals surface area contributed by atoms with Gasteiger partial charge in [0.05, 0.1) is 9.92 Å². The number of carbonyl (C=O) groups excluding carboxylic acids is 1. The molecule has 0 aliphatic carbocycles.